The lowest BCUT2D eigenvalue weighted by atomic mass is 9.84. The molecule has 4 rings (SSSR count). The molecule has 0 unspecified atom stereocenters. The fourth-order valence-corrected chi connectivity index (χ4v) is 7.20. The van der Waals surface area contributed by atoms with E-state index in [9.17, 15) is 9.59 Å². The van der Waals surface area contributed by atoms with Crippen LogP contribution in [-0.4, -0.2) is 33.3 Å². The maximum absolute atomic E-state index is 13.4. The summed E-state index contributed by atoms with van der Waals surface area (Å²) in [5.41, 5.74) is 2.94. The van der Waals surface area contributed by atoms with Crippen LogP contribution in [0.4, 0.5) is 5.69 Å². The number of para-hydroxylation sites is 1. The molecule has 0 saturated carbocycles. The highest BCUT2D eigenvalue weighted by Gasteiger charge is 2.40. The summed E-state index contributed by atoms with van der Waals surface area (Å²) in [7, 11) is 2.01. The normalized spacial score (nSPS) is 22.0. The van der Waals surface area contributed by atoms with Crippen molar-refractivity contribution in [3.8, 4) is 0 Å². The molecule has 2 aliphatic heterocycles. The zero-order valence-corrected chi connectivity index (χ0v) is 19.6. The summed E-state index contributed by atoms with van der Waals surface area (Å²) in [5.74, 6) is -0.107. The standard InChI is InChI=1S/C21H23N3O2S3/c1-6-23-17(25)14(28-19(23)15-18(26)24(7-2)20(27)29-15)16-21(3,4)12-10-8-9-11-13(12)22(16)5/h8-11H,6-7H2,1-5H3. The Morgan fingerprint density at radius 1 is 1.10 bits per heavy atom. The molecule has 2 aliphatic rings. The van der Waals surface area contributed by atoms with Crippen LogP contribution in [0.5, 0.6) is 0 Å². The molecule has 1 fully saturated rings. The summed E-state index contributed by atoms with van der Waals surface area (Å²) >= 11 is 8.07. The second-order valence-corrected chi connectivity index (χ2v) is 10.2. The molecule has 1 saturated heterocycles. The van der Waals surface area contributed by atoms with Gasteiger partial charge in [0.2, 0.25) is 0 Å². The number of benzene rings is 1. The van der Waals surface area contributed by atoms with Crippen molar-refractivity contribution in [3.05, 3.63) is 49.4 Å². The van der Waals surface area contributed by atoms with Crippen LogP contribution in [0.25, 0.3) is 10.6 Å². The molecule has 0 N–H and O–H groups in total. The number of fused-ring (bicyclic) bond motifs is 1. The monoisotopic (exact) mass is 445 g/mol. The zero-order chi connectivity index (χ0) is 21.1. The van der Waals surface area contributed by atoms with Gasteiger partial charge in [-0.15, -0.1) is 11.3 Å². The third kappa shape index (κ3) is 2.84. The van der Waals surface area contributed by atoms with Crippen LogP contribution in [0.1, 0.15) is 33.3 Å². The Kier molecular flexibility index (Phi) is 4.99. The number of thioether (sulfide) groups is 1. The van der Waals surface area contributed by atoms with Gasteiger partial charge in [0.05, 0.1) is 5.70 Å². The molecular weight excluding hydrogens is 422 g/mol. The van der Waals surface area contributed by atoms with Gasteiger partial charge in [-0.1, -0.05) is 56.0 Å². The van der Waals surface area contributed by atoms with Gasteiger partial charge in [0, 0.05) is 31.2 Å². The van der Waals surface area contributed by atoms with Gasteiger partial charge in [0.15, 0.2) is 0 Å². The Morgan fingerprint density at radius 3 is 2.38 bits per heavy atom. The lowest BCUT2D eigenvalue weighted by Gasteiger charge is -2.23. The largest absolute Gasteiger partial charge is 0.346 e. The van der Waals surface area contributed by atoms with Gasteiger partial charge < -0.3 is 4.90 Å². The number of thiocarbonyl (C=S) groups is 1. The molecule has 0 aliphatic carbocycles. The van der Waals surface area contributed by atoms with E-state index in [1.54, 1.807) is 9.47 Å². The van der Waals surface area contributed by atoms with Crippen LogP contribution in [0, 0.1) is 0 Å². The van der Waals surface area contributed by atoms with Crippen molar-refractivity contribution in [2.45, 2.75) is 39.7 Å². The highest BCUT2D eigenvalue weighted by molar-refractivity contribution is 8.30. The Labute approximate surface area is 183 Å². The van der Waals surface area contributed by atoms with Crippen molar-refractivity contribution in [2.75, 3.05) is 18.5 Å². The van der Waals surface area contributed by atoms with Crippen LogP contribution in [0.15, 0.2) is 29.1 Å². The summed E-state index contributed by atoms with van der Waals surface area (Å²) in [6, 6.07) is 8.25. The van der Waals surface area contributed by atoms with Crippen molar-refractivity contribution >= 4 is 61.8 Å². The molecule has 1 amide bonds. The van der Waals surface area contributed by atoms with Crippen LogP contribution in [0.2, 0.25) is 0 Å². The van der Waals surface area contributed by atoms with Gasteiger partial charge in [0.25, 0.3) is 11.5 Å². The van der Waals surface area contributed by atoms with E-state index in [0.29, 0.717) is 31.5 Å². The number of nitrogens with zero attached hydrogens (tertiary/aromatic N) is 3. The average molecular weight is 446 g/mol. The average Bonchev–Trinajstić information content (AvgIpc) is 3.23. The molecule has 152 valence electrons. The number of carbonyl (C=O) groups excluding carboxylic acids is 1. The van der Waals surface area contributed by atoms with E-state index in [-0.39, 0.29) is 16.9 Å². The molecule has 29 heavy (non-hydrogen) atoms. The minimum absolute atomic E-state index is 0.0444. The number of hydrogen-bond donors (Lipinski definition) is 0. The minimum Gasteiger partial charge on any atom is -0.346 e. The predicted octanol–water partition coefficient (Wildman–Crippen LogP) is 2.45. The smallest absolute Gasteiger partial charge is 0.270 e. The first-order valence-electron chi connectivity index (χ1n) is 9.59. The summed E-state index contributed by atoms with van der Waals surface area (Å²) in [6.07, 6.45) is 0. The number of likely N-dealkylation sites (N-methyl/N-ethyl adjacent to an activating group) is 1. The molecule has 5 nitrogen and oxygen atoms in total. The number of carbonyl (C=O) groups is 1. The van der Waals surface area contributed by atoms with Crippen molar-refractivity contribution in [1.29, 1.82) is 0 Å². The van der Waals surface area contributed by atoms with Gasteiger partial charge >= 0.3 is 0 Å². The van der Waals surface area contributed by atoms with Crippen LogP contribution >= 0.6 is 35.3 Å². The van der Waals surface area contributed by atoms with Crippen LogP contribution < -0.4 is 19.7 Å². The van der Waals surface area contributed by atoms with Gasteiger partial charge in [-0.05, 0) is 25.5 Å². The maximum atomic E-state index is 13.4. The summed E-state index contributed by atoms with van der Waals surface area (Å²) in [6.45, 7) is 9.18. The second-order valence-electron chi connectivity index (χ2n) is 7.58. The first-order valence-corrected chi connectivity index (χ1v) is 11.6. The quantitative estimate of drug-likeness (QED) is 0.665. The van der Waals surface area contributed by atoms with Crippen molar-refractivity contribution in [1.82, 2.24) is 9.47 Å². The number of rotatable bonds is 2. The third-order valence-electron chi connectivity index (χ3n) is 5.64. The molecule has 0 spiro atoms. The molecule has 8 heteroatoms. The van der Waals surface area contributed by atoms with E-state index in [2.05, 4.69) is 30.9 Å². The molecule has 0 radical (unpaired) electrons. The molecule has 1 aromatic heterocycles. The van der Waals surface area contributed by atoms with Gasteiger partial charge in [-0.25, -0.2) is 0 Å². The lowest BCUT2D eigenvalue weighted by Crippen LogP contribution is -2.38. The van der Waals surface area contributed by atoms with E-state index in [1.165, 1.54) is 28.7 Å². The molecular formula is C21H23N3O2S3. The van der Waals surface area contributed by atoms with Gasteiger partial charge in [-0.2, -0.15) is 0 Å². The molecule has 0 atom stereocenters. The number of aromatic nitrogens is 1. The first kappa shape index (κ1) is 20.4. The zero-order valence-electron chi connectivity index (χ0n) is 17.1. The summed E-state index contributed by atoms with van der Waals surface area (Å²) in [4.78, 5) is 30.6. The van der Waals surface area contributed by atoms with E-state index in [0.717, 1.165) is 11.4 Å². The van der Waals surface area contributed by atoms with Crippen LogP contribution in [-0.2, 0) is 16.8 Å². The number of thiazole rings is 1. The molecule has 3 heterocycles. The van der Waals surface area contributed by atoms with E-state index >= 15 is 0 Å². The fraction of sp³-hybridized carbons (Fsp3) is 0.381. The SMILES string of the molecule is CCN1C(=O)C(=c2sc(=C3N(C)c4ccccc4C3(C)C)c(=O)n2CC)SC1=S. The summed E-state index contributed by atoms with van der Waals surface area (Å²) < 4.78 is 3.65. The first-order chi connectivity index (χ1) is 13.7. The van der Waals surface area contributed by atoms with E-state index in [1.807, 2.05) is 33.0 Å². The highest BCUT2D eigenvalue weighted by Crippen LogP contribution is 2.46. The minimum atomic E-state index is -0.305. The van der Waals surface area contributed by atoms with E-state index < -0.39 is 0 Å². The van der Waals surface area contributed by atoms with Gasteiger partial charge in [0.1, 0.15) is 18.4 Å². The second kappa shape index (κ2) is 7.11. The Hall–Kier alpha value is -1.90. The van der Waals surface area contributed by atoms with Crippen molar-refractivity contribution in [3.63, 3.8) is 0 Å². The fourth-order valence-electron chi connectivity index (χ4n) is 4.21. The topological polar surface area (TPSA) is 45.6 Å². The number of hydrogen-bond acceptors (Lipinski definition) is 6. The van der Waals surface area contributed by atoms with Crippen molar-refractivity contribution in [2.24, 2.45) is 0 Å². The highest BCUT2D eigenvalue weighted by atomic mass is 32.2. The summed E-state index contributed by atoms with van der Waals surface area (Å²) in [5, 5.41) is 0. The lowest BCUT2D eigenvalue weighted by molar-refractivity contribution is -0.120. The van der Waals surface area contributed by atoms with Crippen LogP contribution in [0.3, 0.4) is 0 Å². The van der Waals surface area contributed by atoms with Gasteiger partial charge in [-0.3, -0.25) is 19.1 Å². The number of amides is 1. The number of anilines is 1. The Balaban J connectivity index is 2.07. The molecule has 1 aromatic carbocycles. The molecule has 2 aromatic rings. The Morgan fingerprint density at radius 2 is 1.79 bits per heavy atom. The third-order valence-corrected chi connectivity index (χ3v) is 8.40. The maximum Gasteiger partial charge on any atom is 0.270 e. The molecule has 0 bridgehead atoms. The Bertz CT molecular complexity index is 1220. The van der Waals surface area contributed by atoms with Crippen molar-refractivity contribution < 1.29 is 4.79 Å². The van der Waals surface area contributed by atoms with E-state index in [4.69, 9.17) is 12.2 Å². The predicted molar refractivity (Wildman–Crippen MR) is 126 cm³/mol.